The van der Waals surface area contributed by atoms with Gasteiger partial charge in [0, 0.05) is 19.6 Å². The van der Waals surface area contributed by atoms with Crippen molar-refractivity contribution in [3.05, 3.63) is 0 Å². The number of rotatable bonds is 18. The molecule has 0 aliphatic carbocycles. The highest BCUT2D eigenvalue weighted by Gasteiger charge is 2.07. The van der Waals surface area contributed by atoms with Gasteiger partial charge < -0.3 is 25.8 Å². The minimum atomic E-state index is 0.636. The lowest BCUT2D eigenvalue weighted by Crippen LogP contribution is -2.27. The van der Waals surface area contributed by atoms with E-state index in [0.29, 0.717) is 17.8 Å². The zero-order valence-electron chi connectivity index (χ0n) is 19.4. The summed E-state index contributed by atoms with van der Waals surface area (Å²) in [7, 11) is 0. The van der Waals surface area contributed by atoms with Gasteiger partial charge in [-0.2, -0.15) is 15.0 Å². The van der Waals surface area contributed by atoms with E-state index in [2.05, 4.69) is 75.3 Å². The first kappa shape index (κ1) is 25.4. The maximum atomic E-state index is 4.56. The van der Waals surface area contributed by atoms with Crippen LogP contribution in [-0.2, 0) is 0 Å². The van der Waals surface area contributed by atoms with Crippen LogP contribution < -0.4 is 16.0 Å². The molecule has 1 aromatic heterocycles. The van der Waals surface area contributed by atoms with E-state index in [4.69, 9.17) is 0 Å². The molecule has 0 aromatic carbocycles. The second kappa shape index (κ2) is 16.2. The molecule has 168 valence electrons. The van der Waals surface area contributed by atoms with Gasteiger partial charge in [-0.3, -0.25) is 0 Å². The van der Waals surface area contributed by atoms with Crippen molar-refractivity contribution >= 4 is 17.8 Å². The van der Waals surface area contributed by atoms with Crippen LogP contribution in [0.5, 0.6) is 0 Å². The third-order valence-electron chi connectivity index (χ3n) is 4.92. The molecule has 8 nitrogen and oxygen atoms in total. The molecule has 0 spiro atoms. The minimum Gasteiger partial charge on any atom is -0.354 e. The maximum Gasteiger partial charge on any atom is 0.229 e. The molecule has 3 N–H and O–H groups in total. The summed E-state index contributed by atoms with van der Waals surface area (Å²) in [5.41, 5.74) is 0. The number of nitrogens with one attached hydrogen (secondary N) is 3. The van der Waals surface area contributed by atoms with Crippen molar-refractivity contribution in [2.45, 2.75) is 60.3 Å². The molecule has 0 aliphatic heterocycles. The van der Waals surface area contributed by atoms with Crippen LogP contribution in [0.15, 0.2) is 0 Å². The minimum absolute atomic E-state index is 0.636. The average Bonchev–Trinajstić information content (AvgIpc) is 2.74. The highest BCUT2D eigenvalue weighted by atomic mass is 15.3. The van der Waals surface area contributed by atoms with E-state index in [-0.39, 0.29) is 0 Å². The molecule has 0 saturated heterocycles. The zero-order valence-corrected chi connectivity index (χ0v) is 19.4. The zero-order chi connectivity index (χ0) is 21.3. The largest absolute Gasteiger partial charge is 0.354 e. The predicted molar refractivity (Wildman–Crippen MR) is 125 cm³/mol. The molecule has 0 saturated carbocycles. The molecule has 29 heavy (non-hydrogen) atoms. The van der Waals surface area contributed by atoms with Gasteiger partial charge in [0.15, 0.2) is 0 Å². The Kier molecular flexibility index (Phi) is 14.1. The van der Waals surface area contributed by atoms with Crippen LogP contribution in [-0.4, -0.2) is 83.7 Å². The number of hydrogen-bond acceptors (Lipinski definition) is 8. The quantitative estimate of drug-likeness (QED) is 0.319. The van der Waals surface area contributed by atoms with Crippen molar-refractivity contribution < 1.29 is 0 Å². The molecule has 0 unspecified atom stereocenters. The van der Waals surface area contributed by atoms with E-state index in [0.717, 1.165) is 78.2 Å². The normalized spacial score (nSPS) is 11.3. The van der Waals surface area contributed by atoms with Gasteiger partial charge in [0.1, 0.15) is 0 Å². The molecule has 0 radical (unpaired) electrons. The third kappa shape index (κ3) is 11.2. The highest BCUT2D eigenvalue weighted by Crippen LogP contribution is 2.10. The van der Waals surface area contributed by atoms with Crippen LogP contribution in [0.4, 0.5) is 17.8 Å². The van der Waals surface area contributed by atoms with Crippen LogP contribution in [0.3, 0.4) is 0 Å². The Balaban J connectivity index is 2.55. The number of anilines is 3. The van der Waals surface area contributed by atoms with Crippen LogP contribution in [0, 0.1) is 0 Å². The maximum absolute atomic E-state index is 4.56. The van der Waals surface area contributed by atoms with Gasteiger partial charge in [0.25, 0.3) is 0 Å². The first-order valence-electron chi connectivity index (χ1n) is 11.6. The Morgan fingerprint density at radius 2 is 1.00 bits per heavy atom. The smallest absolute Gasteiger partial charge is 0.229 e. The number of hydrogen-bond donors (Lipinski definition) is 3. The average molecular weight is 409 g/mol. The number of nitrogens with zero attached hydrogens (tertiary/aromatic N) is 5. The molecule has 0 aliphatic rings. The summed E-state index contributed by atoms with van der Waals surface area (Å²) in [5.74, 6) is 1.92. The summed E-state index contributed by atoms with van der Waals surface area (Å²) in [4.78, 5) is 18.5. The van der Waals surface area contributed by atoms with E-state index in [9.17, 15) is 0 Å². The fourth-order valence-electron chi connectivity index (χ4n) is 3.14. The van der Waals surface area contributed by atoms with Crippen LogP contribution >= 0.6 is 0 Å². The standard InChI is InChI=1S/C21H44N8/c1-6-13-22-19-25-20(23-14-11-17-28(8-3)9-4)27-21(26-19)24-15-12-18-29(10-5)16-7-2/h6-18H2,1-5H3,(H3,22,23,24,25,26,27). The Labute approximate surface area is 178 Å². The van der Waals surface area contributed by atoms with Crippen LogP contribution in [0.25, 0.3) is 0 Å². The van der Waals surface area contributed by atoms with Gasteiger partial charge in [0.2, 0.25) is 17.8 Å². The van der Waals surface area contributed by atoms with E-state index in [1.165, 1.54) is 6.42 Å². The number of aromatic nitrogens is 3. The molecule has 0 bridgehead atoms. The SMILES string of the molecule is CCCNc1nc(NCCCN(CC)CC)nc(NCCCN(CC)CCC)n1. The summed E-state index contributed by atoms with van der Waals surface area (Å²) >= 11 is 0. The second-order valence-electron chi connectivity index (χ2n) is 7.25. The van der Waals surface area contributed by atoms with Crippen molar-refractivity contribution in [1.29, 1.82) is 0 Å². The Morgan fingerprint density at radius 1 is 0.552 bits per heavy atom. The second-order valence-corrected chi connectivity index (χ2v) is 7.25. The first-order valence-corrected chi connectivity index (χ1v) is 11.6. The molecule has 1 aromatic rings. The predicted octanol–water partition coefficient (Wildman–Crippen LogP) is 3.37. The van der Waals surface area contributed by atoms with Crippen molar-refractivity contribution in [3.8, 4) is 0 Å². The molecule has 8 heteroatoms. The summed E-state index contributed by atoms with van der Waals surface area (Å²) in [6.07, 6.45) is 4.37. The van der Waals surface area contributed by atoms with Gasteiger partial charge in [-0.1, -0.05) is 34.6 Å². The van der Waals surface area contributed by atoms with Gasteiger partial charge in [-0.15, -0.1) is 0 Å². The Bertz CT molecular complexity index is 521. The fourth-order valence-corrected chi connectivity index (χ4v) is 3.14. The topological polar surface area (TPSA) is 81.2 Å². The molecule has 1 heterocycles. The molecule has 1 rings (SSSR count). The van der Waals surface area contributed by atoms with Crippen molar-refractivity contribution in [1.82, 2.24) is 24.8 Å². The van der Waals surface area contributed by atoms with Crippen molar-refractivity contribution in [3.63, 3.8) is 0 Å². The van der Waals surface area contributed by atoms with Crippen LogP contribution in [0.1, 0.15) is 60.3 Å². The third-order valence-corrected chi connectivity index (χ3v) is 4.92. The summed E-state index contributed by atoms with van der Waals surface area (Å²) in [6.45, 7) is 20.2. The molecule has 0 atom stereocenters. The van der Waals surface area contributed by atoms with Gasteiger partial charge in [-0.25, -0.2) is 0 Å². The molecule has 0 fully saturated rings. The highest BCUT2D eigenvalue weighted by molar-refractivity contribution is 5.42. The van der Waals surface area contributed by atoms with Crippen molar-refractivity contribution in [2.24, 2.45) is 0 Å². The Hall–Kier alpha value is -1.67. The lowest BCUT2D eigenvalue weighted by atomic mass is 10.3. The Morgan fingerprint density at radius 3 is 1.41 bits per heavy atom. The molecule has 0 amide bonds. The van der Waals surface area contributed by atoms with E-state index >= 15 is 0 Å². The summed E-state index contributed by atoms with van der Waals surface area (Å²) in [6, 6.07) is 0. The monoisotopic (exact) mass is 408 g/mol. The lowest BCUT2D eigenvalue weighted by Gasteiger charge is -2.19. The fraction of sp³-hybridized carbons (Fsp3) is 0.857. The van der Waals surface area contributed by atoms with Gasteiger partial charge in [-0.05, 0) is 65.0 Å². The van der Waals surface area contributed by atoms with E-state index < -0.39 is 0 Å². The van der Waals surface area contributed by atoms with E-state index in [1.807, 2.05) is 0 Å². The van der Waals surface area contributed by atoms with Crippen LogP contribution in [0.2, 0.25) is 0 Å². The lowest BCUT2D eigenvalue weighted by molar-refractivity contribution is 0.288. The summed E-state index contributed by atoms with van der Waals surface area (Å²) < 4.78 is 0. The van der Waals surface area contributed by atoms with Gasteiger partial charge >= 0.3 is 0 Å². The molecular formula is C21H44N8. The molecular weight excluding hydrogens is 364 g/mol. The summed E-state index contributed by atoms with van der Waals surface area (Å²) in [5, 5.41) is 10.0. The van der Waals surface area contributed by atoms with E-state index in [1.54, 1.807) is 0 Å². The van der Waals surface area contributed by atoms with Crippen molar-refractivity contribution in [2.75, 3.05) is 74.9 Å². The van der Waals surface area contributed by atoms with Gasteiger partial charge in [0.05, 0.1) is 0 Å². The first-order chi connectivity index (χ1) is 14.2.